The van der Waals surface area contributed by atoms with Crippen LogP contribution in [-0.2, 0) is 20.1 Å². The number of alkyl halides is 3. The number of carbonyl (C=O) groups excluding carboxylic acids is 1. The molecule has 3 aromatic rings. The van der Waals surface area contributed by atoms with Crippen LogP contribution >= 0.6 is 0 Å². The summed E-state index contributed by atoms with van der Waals surface area (Å²) >= 11 is 0. The molecule has 5 nitrogen and oxygen atoms in total. The fourth-order valence-corrected chi connectivity index (χ4v) is 2.20. The Morgan fingerprint density at radius 3 is 2.23 bits per heavy atom. The van der Waals surface area contributed by atoms with Crippen LogP contribution in [0.5, 0.6) is 0 Å². The van der Waals surface area contributed by atoms with E-state index in [1.54, 1.807) is 25.1 Å². The maximum Gasteiger partial charge on any atom is 0.453 e. The molecule has 165 valence electrons. The summed E-state index contributed by atoms with van der Waals surface area (Å²) in [7, 11) is 0. The van der Waals surface area contributed by atoms with E-state index in [9.17, 15) is 31.5 Å². The Hall–Kier alpha value is -3.04. The van der Waals surface area contributed by atoms with Crippen LogP contribution in [0.15, 0.2) is 48.8 Å². The number of pyridine rings is 2. The van der Waals surface area contributed by atoms with Gasteiger partial charge in [0.1, 0.15) is 5.69 Å². The second kappa shape index (κ2) is 10.8. The van der Waals surface area contributed by atoms with Gasteiger partial charge in [-0.05, 0) is 30.8 Å². The number of Topliss-reactive ketones (excluding diaryl/α,β-unsaturated/α-hetero) is 1. The van der Waals surface area contributed by atoms with Crippen molar-refractivity contribution < 1.29 is 56.8 Å². The van der Waals surface area contributed by atoms with Crippen LogP contribution in [0.2, 0.25) is 0 Å². The fourth-order valence-electron chi connectivity index (χ4n) is 2.20. The van der Waals surface area contributed by atoms with E-state index >= 15 is 0 Å². The second-order valence-electron chi connectivity index (χ2n) is 5.77. The third kappa shape index (κ3) is 6.73. The first-order chi connectivity index (χ1) is 14.0. The monoisotopic (exact) mass is 616 g/mol. The van der Waals surface area contributed by atoms with Crippen molar-refractivity contribution in [3.63, 3.8) is 0 Å². The number of aromatic carboxylic acids is 1. The maximum atomic E-state index is 14.1. The predicted octanol–water partition coefficient (Wildman–Crippen LogP) is 4.66. The SMILES string of the molecule is Cc1ccnc(-c2[c-]cc(F)c(C(=O)C(F)(F)F)c2F)c1.O=C(O)c1ccccn1.[Ir]. The Morgan fingerprint density at radius 2 is 1.74 bits per heavy atom. The minimum Gasteiger partial charge on any atom is -0.477 e. The van der Waals surface area contributed by atoms with Crippen LogP contribution in [0.25, 0.3) is 11.3 Å². The minimum absolute atomic E-state index is 0. The van der Waals surface area contributed by atoms with Gasteiger partial charge in [0.15, 0.2) is 0 Å². The summed E-state index contributed by atoms with van der Waals surface area (Å²) in [4.78, 5) is 28.6. The van der Waals surface area contributed by atoms with Crippen molar-refractivity contribution in [1.29, 1.82) is 0 Å². The minimum atomic E-state index is -5.37. The van der Waals surface area contributed by atoms with Gasteiger partial charge in [-0.3, -0.25) is 13.6 Å². The van der Waals surface area contributed by atoms with E-state index in [0.717, 1.165) is 0 Å². The van der Waals surface area contributed by atoms with Crippen molar-refractivity contribution in [1.82, 2.24) is 9.97 Å². The molecule has 1 aromatic carbocycles. The number of carboxylic acid groups (broad SMARTS) is 1. The molecule has 0 amide bonds. The standard InChI is InChI=1S/C14H7F5NO.C6H5NO2.Ir/c1-7-4-5-20-10(6-7)8-2-3-9(15)11(12(8)16)13(21)14(17,18)19;8-6(9)5-3-1-2-4-7-5;/h3-6H,1H3;1-4H,(H,8,9);/q-1;;. The van der Waals surface area contributed by atoms with Gasteiger partial charge in [0.25, 0.3) is 5.78 Å². The number of ketones is 1. The molecular weight excluding hydrogens is 603 g/mol. The van der Waals surface area contributed by atoms with E-state index in [1.807, 2.05) is 0 Å². The predicted molar refractivity (Wildman–Crippen MR) is 94.7 cm³/mol. The molecule has 1 N–H and O–H groups in total. The van der Waals surface area contributed by atoms with Crippen molar-refractivity contribution >= 4 is 11.8 Å². The second-order valence-corrected chi connectivity index (χ2v) is 5.77. The first kappa shape index (κ1) is 26.0. The Morgan fingerprint density at radius 1 is 1.06 bits per heavy atom. The van der Waals surface area contributed by atoms with Crippen LogP contribution in [0, 0.1) is 24.6 Å². The molecule has 0 unspecified atom stereocenters. The van der Waals surface area contributed by atoms with E-state index in [1.165, 1.54) is 24.5 Å². The number of carbonyl (C=O) groups is 2. The van der Waals surface area contributed by atoms with Crippen molar-refractivity contribution in [3.05, 3.63) is 83.3 Å². The molecule has 1 radical (unpaired) electrons. The van der Waals surface area contributed by atoms with Crippen LogP contribution in [0.1, 0.15) is 26.4 Å². The number of nitrogens with zero attached hydrogens (tertiary/aromatic N) is 2. The number of aromatic nitrogens is 2. The summed E-state index contributed by atoms with van der Waals surface area (Å²) in [5, 5.41) is 8.32. The van der Waals surface area contributed by atoms with E-state index in [0.29, 0.717) is 11.6 Å². The van der Waals surface area contributed by atoms with Gasteiger partial charge in [0, 0.05) is 38.1 Å². The molecule has 0 atom stereocenters. The molecule has 0 saturated heterocycles. The van der Waals surface area contributed by atoms with Crippen LogP contribution in [0.3, 0.4) is 0 Å². The summed E-state index contributed by atoms with van der Waals surface area (Å²) in [5.41, 5.74) is -1.44. The van der Waals surface area contributed by atoms with Crippen molar-refractivity contribution in [3.8, 4) is 11.3 Å². The Labute approximate surface area is 186 Å². The molecular formula is C20H12F5IrN2O3-. The molecule has 0 spiro atoms. The number of aryl methyl sites for hydroxylation is 1. The largest absolute Gasteiger partial charge is 0.477 e. The number of halogens is 5. The van der Waals surface area contributed by atoms with Gasteiger partial charge in [-0.2, -0.15) is 13.2 Å². The maximum absolute atomic E-state index is 14.1. The van der Waals surface area contributed by atoms with E-state index in [2.05, 4.69) is 16.0 Å². The normalized spacial score (nSPS) is 10.4. The number of rotatable bonds is 3. The summed E-state index contributed by atoms with van der Waals surface area (Å²) in [6.45, 7) is 1.66. The molecule has 11 heteroatoms. The molecule has 2 heterocycles. The van der Waals surface area contributed by atoms with E-state index in [-0.39, 0.29) is 31.5 Å². The molecule has 0 bridgehead atoms. The fraction of sp³-hybridized carbons (Fsp3) is 0.100. The summed E-state index contributed by atoms with van der Waals surface area (Å²) in [6, 6.07) is 10.4. The third-order valence-corrected chi connectivity index (χ3v) is 3.56. The van der Waals surface area contributed by atoms with Gasteiger partial charge < -0.3 is 10.1 Å². The average molecular weight is 616 g/mol. The summed E-state index contributed by atoms with van der Waals surface area (Å²) in [6.07, 6.45) is -2.61. The van der Waals surface area contributed by atoms with Gasteiger partial charge in [-0.25, -0.2) is 9.78 Å². The molecule has 0 aliphatic heterocycles. The summed E-state index contributed by atoms with van der Waals surface area (Å²) in [5.74, 6) is -6.82. The topological polar surface area (TPSA) is 80.2 Å². The van der Waals surface area contributed by atoms with Crippen LogP contribution in [0.4, 0.5) is 22.0 Å². The molecule has 0 fully saturated rings. The van der Waals surface area contributed by atoms with Gasteiger partial charge in [0.05, 0.1) is 11.6 Å². The van der Waals surface area contributed by atoms with Crippen LogP contribution in [-0.4, -0.2) is 33.0 Å². The molecule has 0 aliphatic carbocycles. The third-order valence-electron chi connectivity index (χ3n) is 3.56. The Bertz CT molecular complexity index is 1080. The van der Waals surface area contributed by atoms with Gasteiger partial charge in [0.2, 0.25) is 0 Å². The van der Waals surface area contributed by atoms with Gasteiger partial charge in [-0.15, -0.1) is 12.1 Å². The number of carboxylic acids is 1. The molecule has 31 heavy (non-hydrogen) atoms. The zero-order valence-electron chi connectivity index (χ0n) is 15.5. The van der Waals surface area contributed by atoms with E-state index in [4.69, 9.17) is 5.11 Å². The van der Waals surface area contributed by atoms with Crippen molar-refractivity contribution in [2.24, 2.45) is 0 Å². The van der Waals surface area contributed by atoms with E-state index < -0.39 is 40.7 Å². The number of benzene rings is 1. The molecule has 3 rings (SSSR count). The molecule has 2 aromatic heterocycles. The average Bonchev–Trinajstić information content (AvgIpc) is 2.68. The zero-order valence-corrected chi connectivity index (χ0v) is 17.9. The van der Waals surface area contributed by atoms with Crippen molar-refractivity contribution in [2.45, 2.75) is 13.1 Å². The summed E-state index contributed by atoms with van der Waals surface area (Å²) < 4.78 is 64.6. The number of hydrogen-bond acceptors (Lipinski definition) is 4. The van der Waals surface area contributed by atoms with Gasteiger partial charge >= 0.3 is 12.1 Å². The first-order valence-electron chi connectivity index (χ1n) is 8.11. The first-order valence-corrected chi connectivity index (χ1v) is 8.11. The smallest absolute Gasteiger partial charge is 0.453 e. The molecule has 0 aliphatic rings. The zero-order chi connectivity index (χ0) is 22.5. The Balaban J connectivity index is 0.000000404. The Kier molecular flexibility index (Phi) is 9.08. The molecule has 0 saturated carbocycles. The number of hydrogen-bond donors (Lipinski definition) is 1. The van der Waals surface area contributed by atoms with Crippen LogP contribution < -0.4 is 0 Å². The quantitative estimate of drug-likeness (QED) is 0.264. The van der Waals surface area contributed by atoms with Gasteiger partial charge in [-0.1, -0.05) is 23.3 Å². The van der Waals surface area contributed by atoms with Crippen molar-refractivity contribution in [2.75, 3.05) is 0 Å².